The van der Waals surface area contributed by atoms with E-state index in [2.05, 4.69) is 32.9 Å². The van der Waals surface area contributed by atoms with Crippen LogP contribution in [0.15, 0.2) is 89.8 Å². The van der Waals surface area contributed by atoms with E-state index in [1.165, 1.54) is 28.5 Å². The molecule has 0 unspecified atom stereocenters. The number of carbonyl (C=O) groups is 2. The lowest BCUT2D eigenvalue weighted by atomic mass is 9.87. The number of hydrogen-bond acceptors (Lipinski definition) is 6. The van der Waals surface area contributed by atoms with Crippen LogP contribution < -0.4 is 4.31 Å². The maximum Gasteiger partial charge on any atom is 0.284 e. The molecule has 5 rings (SSSR count). The van der Waals surface area contributed by atoms with E-state index in [9.17, 15) is 19.7 Å². The van der Waals surface area contributed by atoms with Gasteiger partial charge in [0.15, 0.2) is 0 Å². The van der Waals surface area contributed by atoms with Gasteiger partial charge in [-0.15, -0.1) is 0 Å². The van der Waals surface area contributed by atoms with Gasteiger partial charge in [-0.3, -0.25) is 24.6 Å². The minimum Gasteiger partial charge on any atom is -0.312 e. The van der Waals surface area contributed by atoms with Crippen molar-refractivity contribution in [2.75, 3.05) is 17.4 Å². The molecule has 39 heavy (non-hydrogen) atoms. The molecule has 0 aliphatic carbocycles. The Kier molecular flexibility index (Phi) is 7.14. The molecule has 0 N–H and O–H groups in total. The molecular formula is C31H29N3O4S. The number of anilines is 1. The molecule has 7 nitrogen and oxygen atoms in total. The first-order valence-corrected chi connectivity index (χ1v) is 13.6. The predicted molar refractivity (Wildman–Crippen MR) is 155 cm³/mol. The fraction of sp³-hybridized carbons (Fsp3) is 0.226. The number of nitro groups is 1. The summed E-state index contributed by atoms with van der Waals surface area (Å²) in [6.07, 6.45) is 0.490. The Labute approximate surface area is 231 Å². The number of para-hydroxylation sites is 1. The number of rotatable bonds is 8. The average molecular weight is 540 g/mol. The first-order valence-electron chi connectivity index (χ1n) is 12.8. The highest BCUT2D eigenvalue weighted by Crippen LogP contribution is 2.36. The van der Waals surface area contributed by atoms with Crippen LogP contribution in [0.3, 0.4) is 0 Å². The first-order chi connectivity index (χ1) is 18.6. The summed E-state index contributed by atoms with van der Waals surface area (Å²) in [4.78, 5) is 39.7. The fourth-order valence-corrected chi connectivity index (χ4v) is 5.88. The number of imide groups is 1. The number of nitro benzene ring substituents is 1. The van der Waals surface area contributed by atoms with Crippen LogP contribution in [-0.2, 0) is 5.41 Å². The number of hydrogen-bond donors (Lipinski definition) is 0. The predicted octanol–water partition coefficient (Wildman–Crippen LogP) is 7.25. The van der Waals surface area contributed by atoms with E-state index in [0.29, 0.717) is 34.4 Å². The lowest BCUT2D eigenvalue weighted by molar-refractivity contribution is -0.387. The minimum absolute atomic E-state index is 0.0111. The van der Waals surface area contributed by atoms with Crippen molar-refractivity contribution in [3.63, 3.8) is 0 Å². The fourth-order valence-electron chi connectivity index (χ4n) is 4.82. The van der Waals surface area contributed by atoms with Crippen LogP contribution in [0.1, 0.15) is 53.5 Å². The van der Waals surface area contributed by atoms with E-state index >= 15 is 0 Å². The molecule has 0 atom stereocenters. The van der Waals surface area contributed by atoms with Crippen molar-refractivity contribution in [3.8, 4) is 0 Å². The van der Waals surface area contributed by atoms with E-state index in [-0.39, 0.29) is 34.4 Å². The molecule has 1 aliphatic heterocycles. The molecule has 4 aromatic rings. The lowest BCUT2D eigenvalue weighted by Crippen LogP contribution is -2.41. The summed E-state index contributed by atoms with van der Waals surface area (Å²) >= 11 is 1.29. The van der Waals surface area contributed by atoms with E-state index in [0.717, 1.165) is 11.1 Å². The second kappa shape index (κ2) is 10.5. The first kappa shape index (κ1) is 26.4. The zero-order valence-corrected chi connectivity index (χ0v) is 22.9. The van der Waals surface area contributed by atoms with Gasteiger partial charge in [0.1, 0.15) is 4.90 Å². The summed E-state index contributed by atoms with van der Waals surface area (Å²) in [5, 5.41) is 13.2. The van der Waals surface area contributed by atoms with Gasteiger partial charge in [-0.2, -0.15) is 0 Å². The quantitative estimate of drug-likeness (QED) is 0.102. The van der Waals surface area contributed by atoms with E-state index in [1.54, 1.807) is 30.3 Å². The Bertz CT molecular complexity index is 1530. The standard InChI is InChI=1S/C31H29N3O4S/c1-31(2,3)22-15-17-23(18-16-22)33(39-27-14-5-4-13-26(27)34(37)38)20-8-19-32-29(35)24-11-6-9-21-10-7-12-25(28(21)24)30(32)36/h4-7,9-18H,8,19-20H2,1-3H3. The molecule has 0 bridgehead atoms. The van der Waals surface area contributed by atoms with Gasteiger partial charge in [0.05, 0.1) is 4.92 Å². The molecule has 0 saturated carbocycles. The molecule has 8 heteroatoms. The Hall–Kier alpha value is -4.17. The molecule has 4 aromatic carbocycles. The molecule has 1 heterocycles. The number of amides is 2. The minimum atomic E-state index is -0.383. The summed E-state index contributed by atoms with van der Waals surface area (Å²) in [7, 11) is 0. The van der Waals surface area contributed by atoms with Crippen molar-refractivity contribution in [1.82, 2.24) is 4.90 Å². The summed E-state index contributed by atoms with van der Waals surface area (Å²) in [5.74, 6) is -0.589. The monoisotopic (exact) mass is 539 g/mol. The van der Waals surface area contributed by atoms with Gasteiger partial charge >= 0.3 is 0 Å². The highest BCUT2D eigenvalue weighted by Gasteiger charge is 2.32. The van der Waals surface area contributed by atoms with Crippen molar-refractivity contribution in [1.29, 1.82) is 0 Å². The maximum absolute atomic E-state index is 13.3. The molecule has 2 amide bonds. The van der Waals surface area contributed by atoms with Crippen molar-refractivity contribution >= 4 is 45.9 Å². The summed E-state index contributed by atoms with van der Waals surface area (Å²) in [5.41, 5.74) is 3.16. The molecule has 198 valence electrons. The van der Waals surface area contributed by atoms with Crippen LogP contribution in [0.25, 0.3) is 10.8 Å². The van der Waals surface area contributed by atoms with Crippen molar-refractivity contribution in [3.05, 3.63) is 112 Å². The Morgan fingerprint density at radius 3 is 2.05 bits per heavy atom. The zero-order valence-electron chi connectivity index (χ0n) is 22.1. The Morgan fingerprint density at radius 2 is 1.46 bits per heavy atom. The van der Waals surface area contributed by atoms with Gasteiger partial charge in [0, 0.05) is 41.4 Å². The van der Waals surface area contributed by atoms with Crippen molar-refractivity contribution in [2.24, 2.45) is 0 Å². The third-order valence-electron chi connectivity index (χ3n) is 6.89. The molecule has 1 aliphatic rings. The third kappa shape index (κ3) is 5.25. The molecule has 0 fully saturated rings. The number of benzene rings is 4. The number of nitrogens with zero attached hydrogens (tertiary/aromatic N) is 3. The smallest absolute Gasteiger partial charge is 0.284 e. The summed E-state index contributed by atoms with van der Waals surface area (Å²) in [6.45, 7) is 7.14. The zero-order chi connectivity index (χ0) is 27.7. The molecule has 0 saturated heterocycles. The van der Waals surface area contributed by atoms with Crippen LogP contribution in [0.4, 0.5) is 11.4 Å². The van der Waals surface area contributed by atoms with Crippen molar-refractivity contribution < 1.29 is 14.5 Å². The van der Waals surface area contributed by atoms with Gasteiger partial charge in [-0.25, -0.2) is 0 Å². The van der Waals surface area contributed by atoms with Gasteiger partial charge in [-0.05, 0) is 65.1 Å². The molecule has 0 aromatic heterocycles. The largest absolute Gasteiger partial charge is 0.312 e. The highest BCUT2D eigenvalue weighted by molar-refractivity contribution is 8.00. The van der Waals surface area contributed by atoms with E-state index in [4.69, 9.17) is 0 Å². The topological polar surface area (TPSA) is 83.8 Å². The number of carbonyl (C=O) groups excluding carboxylic acids is 2. The second-order valence-corrected chi connectivity index (χ2v) is 11.6. The molecular weight excluding hydrogens is 510 g/mol. The normalized spacial score (nSPS) is 13.2. The maximum atomic E-state index is 13.3. The van der Waals surface area contributed by atoms with Crippen LogP contribution in [-0.4, -0.2) is 34.7 Å². The second-order valence-electron chi connectivity index (χ2n) is 10.5. The Morgan fingerprint density at radius 1 is 0.846 bits per heavy atom. The van der Waals surface area contributed by atoms with E-state index in [1.807, 2.05) is 40.7 Å². The molecule has 0 radical (unpaired) electrons. The SMILES string of the molecule is CC(C)(C)c1ccc(N(CCCN2C(=O)c3cccc4cccc(c34)C2=O)Sc2ccccc2[N+](=O)[O-])cc1. The van der Waals surface area contributed by atoms with Gasteiger partial charge in [-0.1, -0.05) is 69.3 Å². The van der Waals surface area contributed by atoms with Crippen LogP contribution in [0, 0.1) is 10.1 Å². The van der Waals surface area contributed by atoms with Crippen LogP contribution >= 0.6 is 11.9 Å². The summed E-state index contributed by atoms with van der Waals surface area (Å²) < 4.78 is 1.99. The molecule has 0 spiro atoms. The van der Waals surface area contributed by atoms with Crippen molar-refractivity contribution in [2.45, 2.75) is 37.5 Å². The van der Waals surface area contributed by atoms with Gasteiger partial charge in [0.25, 0.3) is 17.5 Å². The average Bonchev–Trinajstić information content (AvgIpc) is 2.92. The third-order valence-corrected chi connectivity index (χ3v) is 8.05. The highest BCUT2D eigenvalue weighted by atomic mass is 32.2. The van der Waals surface area contributed by atoms with E-state index < -0.39 is 0 Å². The van der Waals surface area contributed by atoms with Gasteiger partial charge < -0.3 is 4.31 Å². The summed E-state index contributed by atoms with van der Waals surface area (Å²) in [6, 6.07) is 25.8. The Balaban J connectivity index is 1.39. The van der Waals surface area contributed by atoms with Gasteiger partial charge in [0.2, 0.25) is 0 Å². The lowest BCUT2D eigenvalue weighted by Gasteiger charge is -2.29. The van der Waals surface area contributed by atoms with Crippen LogP contribution in [0.2, 0.25) is 0 Å². The van der Waals surface area contributed by atoms with Crippen LogP contribution in [0.5, 0.6) is 0 Å².